The predicted octanol–water partition coefficient (Wildman–Crippen LogP) is 3.09. The van der Waals surface area contributed by atoms with Crippen molar-refractivity contribution in [1.82, 2.24) is 14.8 Å². The number of rotatable bonds is 4. The van der Waals surface area contributed by atoms with Crippen molar-refractivity contribution in [2.45, 2.75) is 26.2 Å². The molecular weight excluding hydrogens is 278 g/mol. The van der Waals surface area contributed by atoms with Crippen LogP contribution in [0.1, 0.15) is 35.3 Å². The van der Waals surface area contributed by atoms with Crippen molar-refractivity contribution in [3.8, 4) is 5.82 Å². The van der Waals surface area contributed by atoms with Crippen LogP contribution < -0.4 is 0 Å². The number of nitrogens with zero attached hydrogens (tertiary/aromatic N) is 3. The molecule has 1 unspecified atom stereocenters. The maximum Gasteiger partial charge on any atom is 0.341 e. The van der Waals surface area contributed by atoms with E-state index in [1.807, 2.05) is 25.1 Å². The second-order valence-corrected chi connectivity index (χ2v) is 5.49. The number of pyridine rings is 1. The lowest BCUT2D eigenvalue weighted by Crippen LogP contribution is -2.16. The molecule has 0 spiro atoms. The van der Waals surface area contributed by atoms with Gasteiger partial charge < -0.3 is 4.74 Å². The van der Waals surface area contributed by atoms with Gasteiger partial charge in [0.15, 0.2) is 5.82 Å². The molecule has 0 saturated carbocycles. The van der Waals surface area contributed by atoms with E-state index in [4.69, 9.17) is 4.74 Å². The number of hydrogen-bond acceptors (Lipinski definition) is 4. The molecule has 22 heavy (non-hydrogen) atoms. The van der Waals surface area contributed by atoms with Gasteiger partial charge in [-0.3, -0.25) is 0 Å². The van der Waals surface area contributed by atoms with Gasteiger partial charge in [-0.2, -0.15) is 5.10 Å². The monoisotopic (exact) mass is 297 g/mol. The lowest BCUT2D eigenvalue weighted by molar-refractivity contribution is 0.0431. The Kier molecular flexibility index (Phi) is 4.32. The standard InChI is InChI=1S/C17H19N3O2/c1-13-15(11-19-20(13)16-9-5-6-10-18-16)17(21)22-12-14-7-3-2-4-8-14/h2-3,5-6,9-11,14H,4,7-8,12H2,1H3. The van der Waals surface area contributed by atoms with Crippen LogP contribution in [0.15, 0.2) is 42.7 Å². The van der Waals surface area contributed by atoms with Crippen LogP contribution in [0.3, 0.4) is 0 Å². The molecule has 5 heteroatoms. The molecule has 0 bridgehead atoms. The number of esters is 1. The molecule has 0 aromatic carbocycles. The number of carbonyl (C=O) groups excluding carboxylic acids is 1. The Balaban J connectivity index is 1.68. The van der Waals surface area contributed by atoms with E-state index >= 15 is 0 Å². The first-order valence-corrected chi connectivity index (χ1v) is 7.54. The minimum atomic E-state index is -0.311. The summed E-state index contributed by atoms with van der Waals surface area (Å²) in [6.45, 7) is 2.32. The second kappa shape index (κ2) is 6.56. The molecule has 1 aliphatic rings. The number of hydrogen-bond donors (Lipinski definition) is 0. The van der Waals surface area contributed by atoms with Crippen molar-refractivity contribution >= 4 is 5.97 Å². The number of allylic oxidation sites excluding steroid dienone is 2. The smallest absolute Gasteiger partial charge is 0.341 e. The van der Waals surface area contributed by atoms with Crippen LogP contribution in [0.4, 0.5) is 0 Å². The average Bonchev–Trinajstić information content (AvgIpc) is 2.96. The van der Waals surface area contributed by atoms with Crippen LogP contribution >= 0.6 is 0 Å². The molecule has 0 saturated heterocycles. The van der Waals surface area contributed by atoms with E-state index in [0.717, 1.165) is 25.0 Å². The second-order valence-electron chi connectivity index (χ2n) is 5.49. The van der Waals surface area contributed by atoms with Crippen LogP contribution in [0.25, 0.3) is 5.82 Å². The Hall–Kier alpha value is -2.43. The zero-order valence-corrected chi connectivity index (χ0v) is 12.6. The van der Waals surface area contributed by atoms with Crippen molar-refractivity contribution in [1.29, 1.82) is 0 Å². The van der Waals surface area contributed by atoms with Crippen LogP contribution in [0, 0.1) is 12.8 Å². The van der Waals surface area contributed by atoms with E-state index in [1.165, 1.54) is 0 Å². The van der Waals surface area contributed by atoms with Gasteiger partial charge in [0, 0.05) is 6.20 Å². The highest BCUT2D eigenvalue weighted by Crippen LogP contribution is 2.19. The summed E-state index contributed by atoms with van der Waals surface area (Å²) in [5.41, 5.74) is 1.24. The third kappa shape index (κ3) is 3.08. The Labute approximate surface area is 129 Å². The SMILES string of the molecule is Cc1c(C(=O)OCC2CC=CCC2)cnn1-c1ccccn1. The summed E-state index contributed by atoms with van der Waals surface area (Å²) in [7, 11) is 0. The average molecular weight is 297 g/mol. The zero-order chi connectivity index (χ0) is 15.4. The Morgan fingerprint density at radius 1 is 1.41 bits per heavy atom. The summed E-state index contributed by atoms with van der Waals surface area (Å²) in [6, 6.07) is 5.58. The normalized spacial score (nSPS) is 17.4. The fourth-order valence-corrected chi connectivity index (χ4v) is 2.60. The summed E-state index contributed by atoms with van der Waals surface area (Å²) >= 11 is 0. The molecule has 1 atom stereocenters. The molecule has 2 aromatic heterocycles. The fourth-order valence-electron chi connectivity index (χ4n) is 2.60. The minimum Gasteiger partial charge on any atom is -0.462 e. The topological polar surface area (TPSA) is 57.0 Å². The molecule has 0 fully saturated rings. The fraction of sp³-hybridized carbons (Fsp3) is 0.353. The van der Waals surface area contributed by atoms with Crippen molar-refractivity contribution in [3.05, 3.63) is 54.0 Å². The van der Waals surface area contributed by atoms with E-state index in [1.54, 1.807) is 17.1 Å². The van der Waals surface area contributed by atoms with Crippen LogP contribution in [-0.2, 0) is 4.74 Å². The number of aromatic nitrogens is 3. The van der Waals surface area contributed by atoms with Gasteiger partial charge in [0.25, 0.3) is 0 Å². The minimum absolute atomic E-state index is 0.311. The maximum atomic E-state index is 12.2. The van der Waals surface area contributed by atoms with Gasteiger partial charge in [-0.25, -0.2) is 14.5 Å². The highest BCUT2D eigenvalue weighted by Gasteiger charge is 2.19. The first kappa shape index (κ1) is 14.5. The van der Waals surface area contributed by atoms with Gasteiger partial charge >= 0.3 is 5.97 Å². The largest absolute Gasteiger partial charge is 0.462 e. The molecule has 5 nitrogen and oxygen atoms in total. The first-order chi connectivity index (χ1) is 10.8. The van der Waals surface area contributed by atoms with E-state index in [2.05, 4.69) is 22.2 Å². The summed E-state index contributed by atoms with van der Waals surface area (Å²) in [5.74, 6) is 0.811. The van der Waals surface area contributed by atoms with Crippen molar-refractivity contribution in [3.63, 3.8) is 0 Å². The van der Waals surface area contributed by atoms with Gasteiger partial charge in [0.1, 0.15) is 5.56 Å². The Morgan fingerprint density at radius 3 is 3.05 bits per heavy atom. The van der Waals surface area contributed by atoms with E-state index in [9.17, 15) is 4.79 Å². The molecule has 3 rings (SSSR count). The molecular formula is C17H19N3O2. The summed E-state index contributed by atoms with van der Waals surface area (Å²) < 4.78 is 7.10. The van der Waals surface area contributed by atoms with Crippen molar-refractivity contribution in [2.24, 2.45) is 5.92 Å². The molecule has 114 valence electrons. The molecule has 0 aliphatic heterocycles. The van der Waals surface area contributed by atoms with Crippen LogP contribution in [-0.4, -0.2) is 27.3 Å². The zero-order valence-electron chi connectivity index (χ0n) is 12.6. The molecule has 2 aromatic rings. The quantitative estimate of drug-likeness (QED) is 0.643. The third-order valence-corrected chi connectivity index (χ3v) is 3.92. The highest BCUT2D eigenvalue weighted by molar-refractivity contribution is 5.90. The lowest BCUT2D eigenvalue weighted by atomic mass is 9.95. The molecule has 0 N–H and O–H groups in total. The lowest BCUT2D eigenvalue weighted by Gasteiger charge is -2.17. The van der Waals surface area contributed by atoms with Gasteiger partial charge in [-0.05, 0) is 44.2 Å². The molecule has 0 amide bonds. The number of carbonyl (C=O) groups is 1. The molecule has 2 heterocycles. The maximum absolute atomic E-state index is 12.2. The Bertz CT molecular complexity index is 676. The molecule has 1 aliphatic carbocycles. The van der Waals surface area contributed by atoms with E-state index < -0.39 is 0 Å². The van der Waals surface area contributed by atoms with Crippen LogP contribution in [0.2, 0.25) is 0 Å². The predicted molar refractivity (Wildman–Crippen MR) is 82.9 cm³/mol. The van der Waals surface area contributed by atoms with Crippen molar-refractivity contribution < 1.29 is 9.53 Å². The third-order valence-electron chi connectivity index (χ3n) is 3.92. The summed E-state index contributed by atoms with van der Waals surface area (Å²) in [5, 5.41) is 4.24. The summed E-state index contributed by atoms with van der Waals surface area (Å²) in [6.07, 6.45) is 10.7. The highest BCUT2D eigenvalue weighted by atomic mass is 16.5. The van der Waals surface area contributed by atoms with Gasteiger partial charge in [-0.15, -0.1) is 0 Å². The first-order valence-electron chi connectivity index (χ1n) is 7.54. The van der Waals surface area contributed by atoms with E-state index in [-0.39, 0.29) is 5.97 Å². The summed E-state index contributed by atoms with van der Waals surface area (Å²) in [4.78, 5) is 16.5. The van der Waals surface area contributed by atoms with Crippen LogP contribution in [0.5, 0.6) is 0 Å². The number of ether oxygens (including phenoxy) is 1. The van der Waals surface area contributed by atoms with Crippen molar-refractivity contribution in [2.75, 3.05) is 6.61 Å². The Morgan fingerprint density at radius 2 is 2.32 bits per heavy atom. The van der Waals surface area contributed by atoms with Gasteiger partial charge in [0.2, 0.25) is 0 Å². The van der Waals surface area contributed by atoms with Gasteiger partial charge in [0.05, 0.1) is 18.5 Å². The van der Waals surface area contributed by atoms with Gasteiger partial charge in [-0.1, -0.05) is 18.2 Å². The molecule has 0 radical (unpaired) electrons. The van der Waals surface area contributed by atoms with E-state index in [0.29, 0.717) is 23.9 Å².